The zero-order valence-electron chi connectivity index (χ0n) is 12.9. The Bertz CT molecular complexity index is 508. The molecule has 0 amide bonds. The molecule has 0 aromatic carbocycles. The highest BCUT2D eigenvalue weighted by atomic mass is 32.1. The lowest BCUT2D eigenvalue weighted by Crippen LogP contribution is -2.21. The summed E-state index contributed by atoms with van der Waals surface area (Å²) in [4.78, 5) is 21.8. The van der Waals surface area contributed by atoms with E-state index >= 15 is 0 Å². The molecule has 1 heterocycles. The summed E-state index contributed by atoms with van der Waals surface area (Å²) in [6.07, 6.45) is 8.03. The van der Waals surface area contributed by atoms with Gasteiger partial charge in [-0.05, 0) is 32.6 Å². The van der Waals surface area contributed by atoms with Gasteiger partial charge in [0.15, 0.2) is 5.13 Å². The maximum atomic E-state index is 12.0. The molecule has 1 aliphatic carbocycles. The van der Waals surface area contributed by atoms with Crippen LogP contribution in [0.5, 0.6) is 0 Å². The second-order valence-electron chi connectivity index (χ2n) is 5.30. The Balaban J connectivity index is 2.07. The van der Waals surface area contributed by atoms with Gasteiger partial charge >= 0.3 is 5.97 Å². The number of thiazole rings is 1. The minimum atomic E-state index is -0.529. The maximum absolute atomic E-state index is 12.0. The molecular formula is C15H23N3O3S. The first-order valence-corrected chi connectivity index (χ1v) is 8.71. The van der Waals surface area contributed by atoms with Gasteiger partial charge in [0.1, 0.15) is 11.8 Å². The molecule has 22 heavy (non-hydrogen) atoms. The van der Waals surface area contributed by atoms with Crippen LogP contribution in [0.2, 0.25) is 0 Å². The van der Waals surface area contributed by atoms with Crippen LogP contribution in [0.25, 0.3) is 0 Å². The Morgan fingerprint density at radius 3 is 2.64 bits per heavy atom. The Kier molecular flexibility index (Phi) is 6.64. The van der Waals surface area contributed by atoms with Crippen LogP contribution in [0.4, 0.5) is 5.13 Å². The van der Waals surface area contributed by atoms with Crippen LogP contribution in [-0.2, 0) is 14.4 Å². The van der Waals surface area contributed by atoms with E-state index in [2.05, 4.69) is 10.1 Å². The van der Waals surface area contributed by atoms with Crippen molar-refractivity contribution in [1.82, 2.24) is 4.98 Å². The van der Waals surface area contributed by atoms with Crippen LogP contribution in [-0.4, -0.2) is 29.4 Å². The van der Waals surface area contributed by atoms with Crippen molar-refractivity contribution in [3.8, 4) is 0 Å². The van der Waals surface area contributed by atoms with Crippen LogP contribution >= 0.6 is 11.3 Å². The number of oxime groups is 1. The molecule has 6 nitrogen and oxygen atoms in total. The fourth-order valence-corrected chi connectivity index (χ4v) is 2.98. The van der Waals surface area contributed by atoms with Crippen molar-refractivity contribution in [2.24, 2.45) is 5.16 Å². The molecule has 0 aliphatic heterocycles. The molecule has 1 aliphatic rings. The summed E-state index contributed by atoms with van der Waals surface area (Å²) < 4.78 is 5.03. The van der Waals surface area contributed by atoms with Crippen molar-refractivity contribution in [1.29, 1.82) is 0 Å². The minimum Gasteiger partial charge on any atom is -0.461 e. The molecule has 122 valence electrons. The fourth-order valence-electron chi connectivity index (χ4n) is 2.44. The lowest BCUT2D eigenvalue weighted by molar-refractivity contribution is -0.135. The summed E-state index contributed by atoms with van der Waals surface area (Å²) in [5.41, 5.74) is 6.13. The molecule has 0 bridgehead atoms. The van der Waals surface area contributed by atoms with Gasteiger partial charge in [0.05, 0.1) is 6.61 Å². The predicted molar refractivity (Wildman–Crippen MR) is 86.9 cm³/mol. The first-order valence-electron chi connectivity index (χ1n) is 7.83. The summed E-state index contributed by atoms with van der Waals surface area (Å²) in [5, 5.41) is 6.13. The van der Waals surface area contributed by atoms with Gasteiger partial charge in [-0.1, -0.05) is 24.4 Å². The molecule has 0 spiro atoms. The number of rotatable bonds is 5. The summed E-state index contributed by atoms with van der Waals surface area (Å²) >= 11 is 1.26. The molecule has 0 saturated heterocycles. The Morgan fingerprint density at radius 1 is 1.36 bits per heavy atom. The third-order valence-electron chi connectivity index (χ3n) is 3.58. The van der Waals surface area contributed by atoms with E-state index in [-0.39, 0.29) is 18.4 Å². The van der Waals surface area contributed by atoms with Crippen LogP contribution in [0.3, 0.4) is 0 Å². The van der Waals surface area contributed by atoms with Crippen LogP contribution in [0, 0.1) is 0 Å². The number of nitrogens with zero attached hydrogens (tertiary/aromatic N) is 2. The molecule has 2 N–H and O–H groups in total. The van der Waals surface area contributed by atoms with Gasteiger partial charge in [-0.15, -0.1) is 11.3 Å². The van der Waals surface area contributed by atoms with E-state index in [9.17, 15) is 4.79 Å². The van der Waals surface area contributed by atoms with Gasteiger partial charge in [0.25, 0.3) is 0 Å². The number of ether oxygens (including phenoxy) is 1. The van der Waals surface area contributed by atoms with Gasteiger partial charge in [-0.25, -0.2) is 9.78 Å². The average Bonchev–Trinajstić information content (AvgIpc) is 2.87. The number of hydrogen-bond donors (Lipinski definition) is 1. The smallest absolute Gasteiger partial charge is 0.362 e. The molecule has 1 fully saturated rings. The van der Waals surface area contributed by atoms with E-state index in [0.29, 0.717) is 10.8 Å². The summed E-state index contributed by atoms with van der Waals surface area (Å²) in [6.45, 7) is 2.03. The Morgan fingerprint density at radius 2 is 2.05 bits per heavy atom. The van der Waals surface area contributed by atoms with Gasteiger partial charge < -0.3 is 15.3 Å². The number of hydrogen-bond acceptors (Lipinski definition) is 7. The van der Waals surface area contributed by atoms with Crippen LogP contribution < -0.4 is 5.73 Å². The van der Waals surface area contributed by atoms with Crippen molar-refractivity contribution < 1.29 is 14.4 Å². The molecule has 1 aromatic rings. The second-order valence-corrected chi connectivity index (χ2v) is 6.19. The second kappa shape index (κ2) is 8.73. The highest BCUT2D eigenvalue weighted by Gasteiger charge is 2.21. The van der Waals surface area contributed by atoms with E-state index in [1.54, 1.807) is 12.3 Å². The van der Waals surface area contributed by atoms with Crippen molar-refractivity contribution in [2.75, 3.05) is 12.3 Å². The van der Waals surface area contributed by atoms with E-state index in [1.165, 1.54) is 30.6 Å². The number of nitrogen functional groups attached to an aromatic ring is 1. The monoisotopic (exact) mass is 325 g/mol. The molecule has 1 aromatic heterocycles. The van der Waals surface area contributed by atoms with Crippen molar-refractivity contribution >= 4 is 28.1 Å². The maximum Gasteiger partial charge on any atom is 0.362 e. The number of carbonyl (C=O) groups is 1. The summed E-state index contributed by atoms with van der Waals surface area (Å²) in [7, 11) is 0. The molecule has 0 radical (unpaired) electrons. The highest BCUT2D eigenvalue weighted by molar-refractivity contribution is 7.13. The topological polar surface area (TPSA) is 86.8 Å². The molecule has 7 heteroatoms. The standard InChI is InChI=1S/C15H23N3O3S/c1-2-20-14(19)13(12-10-22-15(16)17-12)18-21-11-8-6-4-3-5-7-9-11/h10-11H,2-9H2,1H3,(H2,16,17)/b18-13-. The van der Waals surface area contributed by atoms with Crippen molar-refractivity contribution in [2.45, 2.75) is 58.0 Å². The van der Waals surface area contributed by atoms with Crippen molar-refractivity contribution in [3.63, 3.8) is 0 Å². The van der Waals surface area contributed by atoms with Gasteiger partial charge in [0, 0.05) is 5.38 Å². The Hall–Kier alpha value is -1.63. The summed E-state index contributed by atoms with van der Waals surface area (Å²) in [5.74, 6) is -0.529. The first-order chi connectivity index (χ1) is 10.7. The van der Waals surface area contributed by atoms with Crippen LogP contribution in [0.15, 0.2) is 10.5 Å². The zero-order valence-corrected chi connectivity index (χ0v) is 13.7. The van der Waals surface area contributed by atoms with Crippen molar-refractivity contribution in [3.05, 3.63) is 11.1 Å². The molecular weight excluding hydrogens is 302 g/mol. The van der Waals surface area contributed by atoms with Gasteiger partial charge in [-0.3, -0.25) is 0 Å². The third-order valence-corrected chi connectivity index (χ3v) is 4.25. The molecule has 2 rings (SSSR count). The first kappa shape index (κ1) is 16.7. The van der Waals surface area contributed by atoms with Gasteiger partial charge in [-0.2, -0.15) is 0 Å². The quantitative estimate of drug-likeness (QED) is 0.510. The average molecular weight is 325 g/mol. The predicted octanol–water partition coefficient (Wildman–Crippen LogP) is 3.12. The normalized spacial score (nSPS) is 17.6. The fraction of sp³-hybridized carbons (Fsp3) is 0.667. The number of anilines is 1. The number of nitrogens with two attached hydrogens (primary N) is 1. The number of aromatic nitrogens is 1. The number of esters is 1. The molecule has 0 unspecified atom stereocenters. The highest BCUT2D eigenvalue weighted by Crippen LogP contribution is 2.20. The van der Waals surface area contributed by atoms with E-state index in [4.69, 9.17) is 15.3 Å². The van der Waals surface area contributed by atoms with E-state index in [1.807, 2.05) is 0 Å². The lowest BCUT2D eigenvalue weighted by atomic mass is 9.99. The zero-order chi connectivity index (χ0) is 15.8. The van der Waals surface area contributed by atoms with E-state index in [0.717, 1.165) is 25.7 Å². The minimum absolute atomic E-state index is 0.0562. The number of carbonyl (C=O) groups excluding carboxylic acids is 1. The lowest BCUT2D eigenvalue weighted by Gasteiger charge is -2.18. The van der Waals surface area contributed by atoms with E-state index < -0.39 is 5.97 Å². The van der Waals surface area contributed by atoms with Gasteiger partial charge in [0.2, 0.25) is 5.71 Å². The van der Waals surface area contributed by atoms with Crippen LogP contribution in [0.1, 0.15) is 57.6 Å². The summed E-state index contributed by atoms with van der Waals surface area (Å²) in [6, 6.07) is 0. The SMILES string of the molecule is CCOC(=O)/C(=N\OC1CCCCCCC1)c1csc(N)n1. The molecule has 1 saturated carbocycles. The largest absolute Gasteiger partial charge is 0.461 e. The third kappa shape index (κ3) is 4.98. The molecule has 0 atom stereocenters. The Labute approximate surface area is 134 Å².